The first kappa shape index (κ1) is 27.7. The van der Waals surface area contributed by atoms with Crippen molar-refractivity contribution in [3.05, 3.63) is 54.1 Å². The molecule has 0 aliphatic carbocycles. The van der Waals surface area contributed by atoms with Gasteiger partial charge in [0.1, 0.15) is 49.3 Å². The Morgan fingerprint density at radius 1 is 0.944 bits per heavy atom. The van der Waals surface area contributed by atoms with E-state index in [1.165, 1.54) is 5.56 Å². The molecule has 0 aliphatic heterocycles. The number of benzene rings is 2. The van der Waals surface area contributed by atoms with Gasteiger partial charge < -0.3 is 33.6 Å². The molecule has 0 aliphatic rings. The van der Waals surface area contributed by atoms with Gasteiger partial charge in [0.05, 0.1) is 19.1 Å². The fourth-order valence-electron chi connectivity index (χ4n) is 3.51. The molecule has 3 unspecified atom stereocenters. The molecule has 36 heavy (non-hydrogen) atoms. The van der Waals surface area contributed by atoms with Gasteiger partial charge in [-0.25, -0.2) is 0 Å². The summed E-state index contributed by atoms with van der Waals surface area (Å²) in [7, 11) is 0. The van der Waals surface area contributed by atoms with E-state index >= 15 is 0 Å². The van der Waals surface area contributed by atoms with Crippen LogP contribution in [0.5, 0.6) is 5.75 Å². The summed E-state index contributed by atoms with van der Waals surface area (Å²) in [5.41, 5.74) is 3.01. The quantitative estimate of drug-likeness (QED) is 0.180. The number of hydrogen-bond donors (Lipinski definition) is 2. The van der Waals surface area contributed by atoms with E-state index in [1.807, 2.05) is 37.3 Å². The van der Waals surface area contributed by atoms with Crippen molar-refractivity contribution in [3.63, 3.8) is 0 Å². The van der Waals surface area contributed by atoms with Gasteiger partial charge in [0, 0.05) is 17.0 Å². The highest BCUT2D eigenvalue weighted by Crippen LogP contribution is 2.32. The second-order valence-electron chi connectivity index (χ2n) is 8.74. The lowest BCUT2D eigenvalue weighted by Crippen LogP contribution is -2.27. The van der Waals surface area contributed by atoms with Crippen LogP contribution in [0.4, 0.5) is 0 Å². The summed E-state index contributed by atoms with van der Waals surface area (Å²) in [4.78, 5) is 11.6. The third kappa shape index (κ3) is 8.06. The van der Waals surface area contributed by atoms with Gasteiger partial charge in [0.15, 0.2) is 0 Å². The molecular weight excluding hydrogens is 464 g/mol. The minimum Gasteiger partial charge on any atom is -0.491 e. The zero-order chi connectivity index (χ0) is 25.9. The lowest BCUT2D eigenvalue weighted by Gasteiger charge is -2.15. The highest BCUT2D eigenvalue weighted by molar-refractivity contribution is 5.84. The Labute approximate surface area is 211 Å². The van der Waals surface area contributed by atoms with Crippen LogP contribution in [0.1, 0.15) is 32.8 Å². The van der Waals surface area contributed by atoms with Gasteiger partial charge in [0.25, 0.3) is 0 Å². The van der Waals surface area contributed by atoms with Gasteiger partial charge in [0.2, 0.25) is 0 Å². The second-order valence-corrected chi connectivity index (χ2v) is 8.74. The third-order valence-electron chi connectivity index (χ3n) is 5.82. The lowest BCUT2D eigenvalue weighted by atomic mass is 10.0. The van der Waals surface area contributed by atoms with Gasteiger partial charge in [-0.15, -0.1) is 0 Å². The fraction of sp³-hybridized carbons (Fsp3) is 0.464. The third-order valence-corrected chi connectivity index (χ3v) is 5.82. The molecule has 196 valence electrons. The standard InChI is InChI=1S/C28H36O8/c1-4-19(3)28(31)35-17-23(30)15-33-18-32-14-22(29)16-34-24-11-10-21-12-27(36-26(21)13-24)25-9-7-6-8-20(25)5-2/h6-13,19,22-23,29-30H,4-5,14-18H2,1-3H3. The van der Waals surface area contributed by atoms with Crippen molar-refractivity contribution in [3.8, 4) is 17.1 Å². The van der Waals surface area contributed by atoms with Crippen molar-refractivity contribution in [2.75, 3.05) is 33.2 Å². The van der Waals surface area contributed by atoms with Crippen molar-refractivity contribution in [1.29, 1.82) is 0 Å². The molecule has 3 rings (SSSR count). The highest BCUT2D eigenvalue weighted by atomic mass is 16.7. The summed E-state index contributed by atoms with van der Waals surface area (Å²) in [6.45, 7) is 5.52. The van der Waals surface area contributed by atoms with Gasteiger partial charge in [-0.2, -0.15) is 0 Å². The smallest absolute Gasteiger partial charge is 0.308 e. The average Bonchev–Trinajstić information content (AvgIpc) is 3.33. The number of carbonyl (C=O) groups is 1. The molecule has 0 fully saturated rings. The lowest BCUT2D eigenvalue weighted by molar-refractivity contribution is -0.154. The van der Waals surface area contributed by atoms with Crippen molar-refractivity contribution in [1.82, 2.24) is 0 Å². The van der Waals surface area contributed by atoms with Crippen LogP contribution in [0, 0.1) is 5.92 Å². The summed E-state index contributed by atoms with van der Waals surface area (Å²) >= 11 is 0. The Hall–Kier alpha value is -2.91. The molecule has 0 amide bonds. The molecule has 0 saturated carbocycles. The molecule has 8 heteroatoms. The first-order chi connectivity index (χ1) is 17.4. The number of aliphatic hydroxyl groups excluding tert-OH is 2. The van der Waals surface area contributed by atoms with E-state index in [0.29, 0.717) is 17.8 Å². The van der Waals surface area contributed by atoms with Crippen molar-refractivity contribution in [2.45, 2.75) is 45.8 Å². The SMILES string of the molecule is CCc1ccccc1-c1cc2ccc(OCC(O)COCOCC(O)COC(=O)C(C)CC)cc2o1. The number of esters is 1. The fourth-order valence-corrected chi connectivity index (χ4v) is 3.51. The van der Waals surface area contributed by atoms with Crippen LogP contribution in [-0.4, -0.2) is 61.6 Å². The minimum atomic E-state index is -0.942. The molecular formula is C28H36O8. The maximum absolute atomic E-state index is 11.6. The Morgan fingerprint density at radius 2 is 1.67 bits per heavy atom. The van der Waals surface area contributed by atoms with E-state index in [2.05, 4.69) is 19.1 Å². The number of carbonyl (C=O) groups excluding carboxylic acids is 1. The maximum Gasteiger partial charge on any atom is 0.308 e. The van der Waals surface area contributed by atoms with Crippen LogP contribution in [0.2, 0.25) is 0 Å². The van der Waals surface area contributed by atoms with Gasteiger partial charge in [-0.05, 0) is 36.6 Å². The zero-order valence-electron chi connectivity index (χ0n) is 21.1. The second kappa shape index (κ2) is 14.0. The van der Waals surface area contributed by atoms with Crippen LogP contribution in [0.25, 0.3) is 22.3 Å². The van der Waals surface area contributed by atoms with Crippen molar-refractivity contribution in [2.24, 2.45) is 5.92 Å². The van der Waals surface area contributed by atoms with E-state index in [4.69, 9.17) is 23.4 Å². The first-order valence-corrected chi connectivity index (χ1v) is 12.3. The summed E-state index contributed by atoms with van der Waals surface area (Å²) < 4.78 is 27.3. The predicted octanol–water partition coefficient (Wildman–Crippen LogP) is 4.34. The molecule has 2 N–H and O–H groups in total. The van der Waals surface area contributed by atoms with E-state index in [0.717, 1.165) is 23.1 Å². The van der Waals surface area contributed by atoms with Crippen LogP contribution < -0.4 is 4.74 Å². The van der Waals surface area contributed by atoms with Crippen LogP contribution in [-0.2, 0) is 25.4 Å². The first-order valence-electron chi connectivity index (χ1n) is 12.3. The average molecular weight is 501 g/mol. The van der Waals surface area contributed by atoms with Crippen molar-refractivity contribution < 1.29 is 38.4 Å². The highest BCUT2D eigenvalue weighted by Gasteiger charge is 2.15. The molecule has 3 aromatic rings. The van der Waals surface area contributed by atoms with E-state index in [9.17, 15) is 15.0 Å². The predicted molar refractivity (Wildman–Crippen MR) is 136 cm³/mol. The molecule has 0 spiro atoms. The van der Waals surface area contributed by atoms with Crippen LogP contribution in [0.15, 0.2) is 52.9 Å². The van der Waals surface area contributed by atoms with E-state index < -0.39 is 12.2 Å². The Morgan fingerprint density at radius 3 is 2.39 bits per heavy atom. The molecule has 0 bridgehead atoms. The maximum atomic E-state index is 11.6. The Bertz CT molecular complexity index is 1090. The van der Waals surface area contributed by atoms with E-state index in [1.54, 1.807) is 13.0 Å². The van der Waals surface area contributed by atoms with Gasteiger partial charge in [-0.3, -0.25) is 4.79 Å². The molecule has 1 aromatic heterocycles. The molecule has 1 heterocycles. The Balaban J connectivity index is 1.37. The number of hydrogen-bond acceptors (Lipinski definition) is 8. The number of aliphatic hydroxyl groups is 2. The number of aryl methyl sites for hydroxylation is 1. The molecule has 3 atom stereocenters. The number of fused-ring (bicyclic) bond motifs is 1. The molecule has 2 aromatic carbocycles. The molecule has 0 saturated heterocycles. The topological polar surface area (TPSA) is 108 Å². The number of furan rings is 1. The van der Waals surface area contributed by atoms with Gasteiger partial charge >= 0.3 is 5.97 Å². The number of rotatable bonds is 15. The number of ether oxygens (including phenoxy) is 4. The summed E-state index contributed by atoms with van der Waals surface area (Å²) in [6.07, 6.45) is -0.213. The summed E-state index contributed by atoms with van der Waals surface area (Å²) in [6, 6.07) is 15.8. The van der Waals surface area contributed by atoms with E-state index in [-0.39, 0.29) is 45.1 Å². The normalized spacial score (nSPS) is 13.9. The largest absolute Gasteiger partial charge is 0.491 e. The molecule has 8 nitrogen and oxygen atoms in total. The van der Waals surface area contributed by atoms with Gasteiger partial charge in [-0.1, -0.05) is 45.0 Å². The van der Waals surface area contributed by atoms with Crippen molar-refractivity contribution >= 4 is 16.9 Å². The van der Waals surface area contributed by atoms with Crippen LogP contribution in [0.3, 0.4) is 0 Å². The Kier molecular flexibility index (Phi) is 10.8. The van der Waals surface area contributed by atoms with Crippen LogP contribution >= 0.6 is 0 Å². The monoisotopic (exact) mass is 500 g/mol. The zero-order valence-corrected chi connectivity index (χ0v) is 21.1. The molecule has 0 radical (unpaired) electrons. The minimum absolute atomic E-state index is 0.0000417. The summed E-state index contributed by atoms with van der Waals surface area (Å²) in [5.74, 6) is 0.848. The summed E-state index contributed by atoms with van der Waals surface area (Å²) in [5, 5.41) is 20.9.